The molecule has 1 aromatic carbocycles. The van der Waals surface area contributed by atoms with Gasteiger partial charge in [0, 0.05) is 6.07 Å². The lowest BCUT2D eigenvalue weighted by Gasteiger charge is -2.03. The average Bonchev–Trinajstić information content (AvgIpc) is 2.64. The quantitative estimate of drug-likeness (QED) is 0.806. The minimum absolute atomic E-state index is 0.102. The topological polar surface area (TPSA) is 81.3 Å². The van der Waals surface area contributed by atoms with Crippen LogP contribution in [-0.4, -0.2) is 22.4 Å². The number of methoxy groups -OCH3 is 1. The molecule has 15 heavy (non-hydrogen) atoms. The summed E-state index contributed by atoms with van der Waals surface area (Å²) in [4.78, 5) is 0. The van der Waals surface area contributed by atoms with Gasteiger partial charge in [-0.3, -0.25) is 0 Å². The zero-order valence-electron chi connectivity index (χ0n) is 7.97. The molecule has 0 bridgehead atoms. The third-order valence-corrected chi connectivity index (χ3v) is 2.66. The van der Waals surface area contributed by atoms with Crippen molar-refractivity contribution >= 4 is 16.5 Å². The third kappa shape index (κ3) is 1.84. The first-order valence-corrected chi connectivity index (χ1v) is 4.98. The van der Waals surface area contributed by atoms with Gasteiger partial charge in [0.05, 0.1) is 12.7 Å². The number of ether oxygens (including phenoxy) is 1. The molecule has 2 aromatic rings. The zero-order valence-corrected chi connectivity index (χ0v) is 8.78. The van der Waals surface area contributed by atoms with E-state index >= 15 is 0 Å². The lowest BCUT2D eigenvalue weighted by molar-refractivity contribution is 0.408. The Balaban J connectivity index is 2.45. The normalized spacial score (nSPS) is 10.2. The van der Waals surface area contributed by atoms with Gasteiger partial charge >= 0.3 is 0 Å². The number of anilines is 1. The molecule has 0 saturated carbocycles. The van der Waals surface area contributed by atoms with Crippen LogP contribution in [0.4, 0.5) is 5.13 Å². The van der Waals surface area contributed by atoms with Crippen LogP contribution < -0.4 is 10.5 Å². The van der Waals surface area contributed by atoms with E-state index in [0.29, 0.717) is 21.5 Å². The predicted molar refractivity (Wildman–Crippen MR) is 58.0 cm³/mol. The summed E-state index contributed by atoms with van der Waals surface area (Å²) in [6.45, 7) is 0. The second-order valence-corrected chi connectivity index (χ2v) is 3.84. The van der Waals surface area contributed by atoms with Crippen LogP contribution >= 0.6 is 11.3 Å². The number of phenols is 1. The molecule has 78 valence electrons. The number of aromatic hydroxyl groups is 1. The Labute approximate surface area is 90.1 Å². The van der Waals surface area contributed by atoms with Crippen LogP contribution in [0, 0.1) is 0 Å². The monoisotopic (exact) mass is 223 g/mol. The van der Waals surface area contributed by atoms with Gasteiger partial charge in [0.25, 0.3) is 0 Å². The van der Waals surface area contributed by atoms with E-state index in [-0.39, 0.29) is 5.75 Å². The van der Waals surface area contributed by atoms with Crippen LogP contribution in [0.3, 0.4) is 0 Å². The van der Waals surface area contributed by atoms with Gasteiger partial charge in [-0.05, 0) is 12.1 Å². The Kier molecular flexibility index (Phi) is 2.42. The Hall–Kier alpha value is -1.82. The van der Waals surface area contributed by atoms with Crippen molar-refractivity contribution in [2.24, 2.45) is 0 Å². The van der Waals surface area contributed by atoms with Gasteiger partial charge in [0.2, 0.25) is 5.13 Å². The minimum atomic E-state index is 0.102. The molecule has 0 aliphatic carbocycles. The molecule has 0 unspecified atom stereocenters. The molecule has 1 aromatic heterocycles. The molecule has 5 nitrogen and oxygen atoms in total. The van der Waals surface area contributed by atoms with E-state index in [1.807, 2.05) is 0 Å². The first kappa shape index (κ1) is 9.72. The summed E-state index contributed by atoms with van der Waals surface area (Å²) in [6, 6.07) is 4.98. The maximum atomic E-state index is 9.70. The fraction of sp³-hybridized carbons (Fsp3) is 0.111. The van der Waals surface area contributed by atoms with Gasteiger partial charge < -0.3 is 15.6 Å². The highest BCUT2D eigenvalue weighted by Gasteiger charge is 2.10. The van der Waals surface area contributed by atoms with Gasteiger partial charge in [-0.15, -0.1) is 10.2 Å². The first-order valence-electron chi connectivity index (χ1n) is 4.17. The number of nitrogens with two attached hydrogens (primary N) is 1. The standard InChI is InChI=1S/C9H9N3O2S/c1-14-5-2-3-6(7(13)4-5)8-11-12-9(10)15-8/h2-4,13H,1H3,(H2,10,12). The SMILES string of the molecule is COc1ccc(-c2nnc(N)s2)c(O)c1. The number of aromatic nitrogens is 2. The lowest BCUT2D eigenvalue weighted by atomic mass is 10.2. The van der Waals surface area contributed by atoms with Crippen LogP contribution in [0.5, 0.6) is 11.5 Å². The number of hydrogen-bond acceptors (Lipinski definition) is 6. The van der Waals surface area contributed by atoms with E-state index in [1.54, 1.807) is 12.1 Å². The summed E-state index contributed by atoms with van der Waals surface area (Å²) in [5, 5.41) is 18.2. The molecule has 2 rings (SSSR count). The Morgan fingerprint density at radius 2 is 2.20 bits per heavy atom. The number of nitrogen functional groups attached to an aromatic ring is 1. The largest absolute Gasteiger partial charge is 0.507 e. The molecular formula is C9H9N3O2S. The highest BCUT2D eigenvalue weighted by atomic mass is 32.1. The summed E-state index contributed by atoms with van der Waals surface area (Å²) in [5.74, 6) is 0.694. The third-order valence-electron chi connectivity index (χ3n) is 1.88. The molecule has 1 heterocycles. The summed E-state index contributed by atoms with van der Waals surface area (Å²) < 4.78 is 4.97. The summed E-state index contributed by atoms with van der Waals surface area (Å²) in [7, 11) is 1.54. The van der Waals surface area contributed by atoms with E-state index in [9.17, 15) is 5.11 Å². The smallest absolute Gasteiger partial charge is 0.203 e. The van der Waals surface area contributed by atoms with Crippen molar-refractivity contribution in [3.63, 3.8) is 0 Å². The summed E-state index contributed by atoms with van der Waals surface area (Å²) in [6.07, 6.45) is 0. The van der Waals surface area contributed by atoms with Crippen molar-refractivity contribution in [2.45, 2.75) is 0 Å². The van der Waals surface area contributed by atoms with E-state index in [4.69, 9.17) is 10.5 Å². The fourth-order valence-electron chi connectivity index (χ4n) is 1.16. The summed E-state index contributed by atoms with van der Waals surface area (Å²) in [5.41, 5.74) is 6.06. The van der Waals surface area contributed by atoms with E-state index < -0.39 is 0 Å². The molecule has 0 aliphatic rings. The highest BCUT2D eigenvalue weighted by molar-refractivity contribution is 7.18. The Morgan fingerprint density at radius 3 is 2.73 bits per heavy atom. The van der Waals surface area contributed by atoms with Gasteiger partial charge in [0.15, 0.2) is 5.01 Å². The van der Waals surface area contributed by atoms with E-state index in [2.05, 4.69) is 10.2 Å². The maximum absolute atomic E-state index is 9.70. The maximum Gasteiger partial charge on any atom is 0.203 e. The number of rotatable bonds is 2. The van der Waals surface area contributed by atoms with Crippen molar-refractivity contribution in [1.82, 2.24) is 10.2 Å². The van der Waals surface area contributed by atoms with Crippen LogP contribution in [-0.2, 0) is 0 Å². The number of nitrogens with zero attached hydrogens (tertiary/aromatic N) is 2. The molecule has 0 amide bonds. The number of hydrogen-bond donors (Lipinski definition) is 2. The number of phenolic OH excluding ortho intramolecular Hbond substituents is 1. The highest BCUT2D eigenvalue weighted by Crippen LogP contribution is 2.34. The molecule has 0 saturated heterocycles. The van der Waals surface area contributed by atoms with Crippen molar-refractivity contribution in [1.29, 1.82) is 0 Å². The molecule has 0 spiro atoms. The fourth-order valence-corrected chi connectivity index (χ4v) is 1.81. The minimum Gasteiger partial charge on any atom is -0.507 e. The van der Waals surface area contributed by atoms with E-state index in [0.717, 1.165) is 0 Å². The van der Waals surface area contributed by atoms with Crippen LogP contribution in [0.25, 0.3) is 10.6 Å². The molecule has 0 fully saturated rings. The second-order valence-electron chi connectivity index (χ2n) is 2.83. The van der Waals surface area contributed by atoms with Crippen molar-refractivity contribution in [3.05, 3.63) is 18.2 Å². The number of benzene rings is 1. The molecule has 3 N–H and O–H groups in total. The van der Waals surface area contributed by atoms with Crippen molar-refractivity contribution in [3.8, 4) is 22.1 Å². The lowest BCUT2D eigenvalue weighted by Crippen LogP contribution is -1.84. The zero-order chi connectivity index (χ0) is 10.8. The summed E-state index contributed by atoms with van der Waals surface area (Å²) >= 11 is 1.22. The van der Waals surface area contributed by atoms with Crippen molar-refractivity contribution in [2.75, 3.05) is 12.8 Å². The molecule has 0 atom stereocenters. The molecule has 0 aliphatic heterocycles. The van der Waals surface area contributed by atoms with Gasteiger partial charge in [-0.1, -0.05) is 11.3 Å². The van der Waals surface area contributed by atoms with Crippen LogP contribution in [0.2, 0.25) is 0 Å². The Bertz CT molecular complexity index is 484. The van der Waals surface area contributed by atoms with Gasteiger partial charge in [0.1, 0.15) is 11.5 Å². The van der Waals surface area contributed by atoms with E-state index in [1.165, 1.54) is 24.5 Å². The van der Waals surface area contributed by atoms with Crippen molar-refractivity contribution < 1.29 is 9.84 Å². The average molecular weight is 223 g/mol. The van der Waals surface area contributed by atoms with Crippen LogP contribution in [0.15, 0.2) is 18.2 Å². The van der Waals surface area contributed by atoms with Gasteiger partial charge in [-0.2, -0.15) is 0 Å². The second kappa shape index (κ2) is 3.74. The molecule has 6 heteroatoms. The van der Waals surface area contributed by atoms with Crippen LogP contribution in [0.1, 0.15) is 0 Å². The van der Waals surface area contributed by atoms with Gasteiger partial charge in [-0.25, -0.2) is 0 Å². The Morgan fingerprint density at radius 1 is 1.40 bits per heavy atom. The molecular weight excluding hydrogens is 214 g/mol. The molecule has 0 radical (unpaired) electrons. The predicted octanol–water partition coefficient (Wildman–Crippen LogP) is 1.50. The first-order chi connectivity index (χ1) is 7.20.